The predicted octanol–water partition coefficient (Wildman–Crippen LogP) is 0.273. The molecule has 1 aliphatic heterocycles. The molecule has 0 amide bonds. The van der Waals surface area contributed by atoms with Crippen molar-refractivity contribution in [3.63, 3.8) is 0 Å². The Labute approximate surface area is 111 Å². The second-order valence-electron chi connectivity index (χ2n) is 3.00. The van der Waals surface area contributed by atoms with Crippen LogP contribution in [0.25, 0.3) is 0 Å². The minimum atomic E-state index is -4.57. The Morgan fingerprint density at radius 1 is 1.71 bits per heavy atom. The van der Waals surface area contributed by atoms with Gasteiger partial charge in [0.05, 0.1) is 10.6 Å². The van der Waals surface area contributed by atoms with E-state index in [-0.39, 0.29) is 16.5 Å². The molecule has 1 heterocycles. The summed E-state index contributed by atoms with van der Waals surface area (Å²) in [5.41, 5.74) is 0. The lowest BCUT2D eigenvalue weighted by atomic mass is 10.2. The summed E-state index contributed by atoms with van der Waals surface area (Å²) in [6, 6.07) is 3.81. The first-order valence-electron chi connectivity index (χ1n) is 6.77. The van der Waals surface area contributed by atoms with Crippen LogP contribution in [0, 0.1) is 0 Å². The summed E-state index contributed by atoms with van der Waals surface area (Å²) in [6.45, 7) is -6.28. The molecular weight excluding hydrogens is 268 g/mol. The molecular formula is C9H11ClN2O4S. The second kappa shape index (κ2) is 4.69. The first-order chi connectivity index (χ1) is 9.77. The van der Waals surface area contributed by atoms with Crippen LogP contribution in [-0.2, 0) is 10.2 Å². The van der Waals surface area contributed by atoms with Gasteiger partial charge in [0.25, 0.3) is 10.2 Å². The van der Waals surface area contributed by atoms with Crippen molar-refractivity contribution in [2.24, 2.45) is 5.14 Å². The summed E-state index contributed by atoms with van der Waals surface area (Å²) in [5.74, 6) is -0.318. The van der Waals surface area contributed by atoms with Crippen molar-refractivity contribution in [2.75, 3.05) is 13.1 Å². The molecule has 0 radical (unpaired) electrons. The van der Waals surface area contributed by atoms with Crippen LogP contribution in [0.4, 0.5) is 0 Å². The molecule has 0 saturated carbocycles. The highest BCUT2D eigenvalue weighted by Crippen LogP contribution is 2.33. The number of ether oxygens (including phenoxy) is 2. The van der Waals surface area contributed by atoms with Crippen LogP contribution in [0.5, 0.6) is 11.5 Å². The summed E-state index contributed by atoms with van der Waals surface area (Å²) in [4.78, 5) is 0. The molecule has 1 atom stereocenters. The van der Waals surface area contributed by atoms with E-state index in [1.807, 2.05) is 0 Å². The summed E-state index contributed by atoms with van der Waals surface area (Å²) < 4.78 is 72.1. The van der Waals surface area contributed by atoms with Gasteiger partial charge in [-0.1, -0.05) is 11.6 Å². The van der Waals surface area contributed by atoms with Gasteiger partial charge in [-0.3, -0.25) is 0 Å². The van der Waals surface area contributed by atoms with Crippen LogP contribution in [0.2, 0.25) is 5.02 Å². The lowest BCUT2D eigenvalue weighted by Crippen LogP contribution is -2.42. The minimum absolute atomic E-state index is 0.146. The molecule has 0 saturated heterocycles. The minimum Gasteiger partial charge on any atom is -0.486 e. The van der Waals surface area contributed by atoms with Gasteiger partial charge in [-0.15, -0.1) is 0 Å². The smallest absolute Gasteiger partial charge is 0.274 e. The van der Waals surface area contributed by atoms with Crippen molar-refractivity contribution in [1.29, 1.82) is 0 Å². The van der Waals surface area contributed by atoms with Crippen LogP contribution < -0.4 is 19.3 Å². The molecule has 8 heteroatoms. The average Bonchev–Trinajstić information content (AvgIpc) is 2.27. The van der Waals surface area contributed by atoms with Crippen molar-refractivity contribution in [1.82, 2.24) is 4.72 Å². The van der Waals surface area contributed by atoms with E-state index in [9.17, 15) is 8.42 Å². The third kappa shape index (κ3) is 3.47. The fraction of sp³-hybridized carbons (Fsp3) is 0.333. The van der Waals surface area contributed by atoms with Crippen LogP contribution in [0.3, 0.4) is 0 Å². The summed E-state index contributed by atoms with van der Waals surface area (Å²) in [5, 5.41) is 4.90. The molecule has 1 unspecified atom stereocenters. The molecule has 1 aliphatic rings. The summed E-state index contributed by atoms with van der Waals surface area (Å²) >= 11 is 5.73. The van der Waals surface area contributed by atoms with Crippen molar-refractivity contribution in [3.05, 3.63) is 23.2 Å². The fourth-order valence-electron chi connectivity index (χ4n) is 1.05. The highest BCUT2D eigenvalue weighted by Gasteiger charge is 2.22. The number of halogens is 1. The number of rotatable bonds is 3. The van der Waals surface area contributed by atoms with Gasteiger partial charge < -0.3 is 9.47 Å². The molecule has 17 heavy (non-hydrogen) atoms. The summed E-state index contributed by atoms with van der Waals surface area (Å²) in [7, 11) is -4.57. The second-order valence-corrected chi connectivity index (χ2v) is 4.73. The molecule has 0 spiro atoms. The molecule has 6 nitrogen and oxygen atoms in total. The Kier molecular flexibility index (Phi) is 2.05. The van der Waals surface area contributed by atoms with Gasteiger partial charge >= 0.3 is 0 Å². The quantitative estimate of drug-likeness (QED) is 0.833. The molecule has 0 aromatic heterocycles. The molecule has 0 bridgehead atoms. The molecule has 0 aliphatic carbocycles. The molecule has 3 N–H and O–H groups in total. The van der Waals surface area contributed by atoms with Crippen LogP contribution in [0.1, 0.15) is 6.85 Å². The number of benzene rings is 1. The third-order valence-corrected chi connectivity index (χ3v) is 2.30. The summed E-state index contributed by atoms with van der Waals surface area (Å²) in [6.07, 6.45) is -3.10. The highest BCUT2D eigenvalue weighted by molar-refractivity contribution is 7.87. The standard InChI is InChI=1S/C9H11ClN2O4S/c10-6-1-2-8-9(3-6)15-5-7(16-8)4-12-17(11,13)14/h1-3,7,12H,4-5H2,(H2,11,13,14)/i4D2,5D2,7D. The van der Waals surface area contributed by atoms with Crippen molar-refractivity contribution in [3.8, 4) is 11.5 Å². The molecule has 1 aromatic rings. The maximum atomic E-state index is 11.0. The van der Waals surface area contributed by atoms with Gasteiger partial charge in [0, 0.05) is 13.8 Å². The van der Waals surface area contributed by atoms with Crippen molar-refractivity contribution >= 4 is 21.8 Å². The van der Waals surface area contributed by atoms with Gasteiger partial charge in [-0.25, -0.2) is 5.14 Å². The van der Waals surface area contributed by atoms with E-state index in [0.29, 0.717) is 0 Å². The maximum Gasteiger partial charge on any atom is 0.274 e. The monoisotopic (exact) mass is 283 g/mol. The highest BCUT2D eigenvalue weighted by atomic mass is 35.5. The molecule has 94 valence electrons. The molecule has 2 rings (SSSR count). The number of nitrogens with one attached hydrogen (secondary N) is 1. The average molecular weight is 284 g/mol. The zero-order valence-electron chi connectivity index (χ0n) is 13.2. The first-order valence-corrected chi connectivity index (χ1v) is 6.19. The topological polar surface area (TPSA) is 90.7 Å². The van der Waals surface area contributed by atoms with Gasteiger partial charge in [0.15, 0.2) is 11.5 Å². The number of hydrogen-bond acceptors (Lipinski definition) is 4. The van der Waals surface area contributed by atoms with E-state index in [1.165, 1.54) is 22.9 Å². The Morgan fingerprint density at radius 3 is 3.18 bits per heavy atom. The SMILES string of the molecule is [2H]C([2H])(NS(N)(=O)=O)C1([2H])Oc2ccc(Cl)cc2OC1([2H])[2H]. The molecule has 0 fully saturated rings. The normalized spacial score (nSPS) is 31.5. The van der Waals surface area contributed by atoms with Crippen LogP contribution >= 0.6 is 11.6 Å². The number of hydrogen-bond donors (Lipinski definition) is 2. The lowest BCUT2D eigenvalue weighted by Gasteiger charge is -2.26. The Morgan fingerprint density at radius 2 is 2.47 bits per heavy atom. The van der Waals surface area contributed by atoms with Crippen molar-refractivity contribution in [2.45, 2.75) is 6.08 Å². The van der Waals surface area contributed by atoms with E-state index in [4.69, 9.17) is 33.1 Å². The lowest BCUT2D eigenvalue weighted by molar-refractivity contribution is 0.0943. The van der Waals surface area contributed by atoms with E-state index in [1.54, 1.807) is 0 Å². The van der Waals surface area contributed by atoms with E-state index in [2.05, 4.69) is 0 Å². The Balaban J connectivity index is 2.52. The van der Waals surface area contributed by atoms with Crippen LogP contribution in [0.15, 0.2) is 18.2 Å². The third-order valence-electron chi connectivity index (χ3n) is 1.68. The zero-order valence-corrected chi connectivity index (χ0v) is 9.80. The number of fused-ring (bicyclic) bond motifs is 1. The van der Waals surface area contributed by atoms with Crippen LogP contribution in [-0.4, -0.2) is 27.6 Å². The van der Waals surface area contributed by atoms with Gasteiger partial charge in [-0.05, 0) is 12.1 Å². The number of nitrogens with two attached hydrogens (primary N) is 1. The van der Waals surface area contributed by atoms with Crippen molar-refractivity contribution < 1.29 is 24.7 Å². The zero-order chi connectivity index (χ0) is 17.0. The Hall–Kier alpha value is -1.02. The van der Waals surface area contributed by atoms with E-state index >= 15 is 0 Å². The fourth-order valence-corrected chi connectivity index (χ4v) is 1.44. The Bertz CT molecular complexity index is 716. The van der Waals surface area contributed by atoms with Gasteiger partial charge in [0.1, 0.15) is 12.6 Å². The van der Waals surface area contributed by atoms with E-state index in [0.717, 1.165) is 0 Å². The molecule has 1 aromatic carbocycles. The maximum absolute atomic E-state index is 11.0. The first kappa shape index (κ1) is 7.42. The van der Waals surface area contributed by atoms with E-state index < -0.39 is 29.3 Å². The predicted molar refractivity (Wildman–Crippen MR) is 62.5 cm³/mol. The van der Waals surface area contributed by atoms with Gasteiger partial charge in [0.2, 0.25) is 0 Å². The largest absolute Gasteiger partial charge is 0.486 e. The van der Waals surface area contributed by atoms with Gasteiger partial charge in [-0.2, -0.15) is 13.1 Å².